The first-order chi connectivity index (χ1) is 9.60. The zero-order valence-corrected chi connectivity index (χ0v) is 12.0. The van der Waals surface area contributed by atoms with Crippen molar-refractivity contribution >= 4 is 11.7 Å². The fourth-order valence-electron chi connectivity index (χ4n) is 3.19. The van der Waals surface area contributed by atoms with E-state index in [1.54, 1.807) is 0 Å². The van der Waals surface area contributed by atoms with Crippen molar-refractivity contribution in [2.75, 3.05) is 31.1 Å². The summed E-state index contributed by atoms with van der Waals surface area (Å²) in [6.45, 7) is 7.71. The molecule has 108 valence electrons. The Kier molecular flexibility index (Phi) is 3.25. The number of anilines is 1. The number of aryl methyl sites for hydroxylation is 2. The molecule has 2 aliphatic rings. The molecule has 20 heavy (non-hydrogen) atoms. The van der Waals surface area contributed by atoms with Crippen LogP contribution in [0.4, 0.5) is 10.5 Å². The summed E-state index contributed by atoms with van der Waals surface area (Å²) in [5.74, 6) is 0. The van der Waals surface area contributed by atoms with Crippen molar-refractivity contribution in [1.82, 2.24) is 15.2 Å². The summed E-state index contributed by atoms with van der Waals surface area (Å²) < 4.78 is 0. The van der Waals surface area contributed by atoms with Crippen molar-refractivity contribution in [3.05, 3.63) is 23.0 Å². The molecule has 0 spiro atoms. The van der Waals surface area contributed by atoms with Gasteiger partial charge in [-0.1, -0.05) is 0 Å². The highest BCUT2D eigenvalue weighted by atomic mass is 16.2. The molecular formula is C14H21N5O. The molecule has 2 amide bonds. The molecule has 6 heteroatoms. The van der Waals surface area contributed by atoms with Crippen molar-refractivity contribution in [3.63, 3.8) is 0 Å². The fraction of sp³-hybridized carbons (Fsp3) is 0.571. The number of amides is 2. The van der Waals surface area contributed by atoms with Crippen molar-refractivity contribution in [2.24, 2.45) is 5.73 Å². The second-order valence-electron chi connectivity index (χ2n) is 5.53. The van der Waals surface area contributed by atoms with Crippen molar-refractivity contribution < 1.29 is 4.79 Å². The molecule has 2 saturated heterocycles. The summed E-state index contributed by atoms with van der Waals surface area (Å²) in [5, 5.41) is 2.91. The highest BCUT2D eigenvalue weighted by Crippen LogP contribution is 2.27. The van der Waals surface area contributed by atoms with Crippen LogP contribution in [-0.4, -0.2) is 48.1 Å². The number of nitrogens with two attached hydrogens (primary N) is 1. The Bertz CT molecular complexity index is 545. The van der Waals surface area contributed by atoms with Gasteiger partial charge >= 0.3 is 6.03 Å². The van der Waals surface area contributed by atoms with E-state index in [1.165, 1.54) is 5.69 Å². The Labute approximate surface area is 118 Å². The van der Waals surface area contributed by atoms with Gasteiger partial charge in [0, 0.05) is 55.4 Å². The summed E-state index contributed by atoms with van der Waals surface area (Å²) in [6.07, 6.45) is 0. The minimum atomic E-state index is 0.0655. The van der Waals surface area contributed by atoms with Crippen LogP contribution in [0.1, 0.15) is 17.0 Å². The van der Waals surface area contributed by atoms with Crippen LogP contribution in [0.2, 0.25) is 0 Å². The Balaban J connectivity index is 1.89. The number of nitrogens with zero attached hydrogens (tertiary/aromatic N) is 3. The lowest BCUT2D eigenvalue weighted by atomic mass is 10.1. The van der Waals surface area contributed by atoms with Gasteiger partial charge < -0.3 is 20.9 Å². The number of aromatic nitrogens is 1. The second-order valence-corrected chi connectivity index (χ2v) is 5.53. The van der Waals surface area contributed by atoms with Crippen LogP contribution in [0.5, 0.6) is 0 Å². The zero-order chi connectivity index (χ0) is 14.3. The van der Waals surface area contributed by atoms with Gasteiger partial charge in [0.1, 0.15) is 0 Å². The van der Waals surface area contributed by atoms with E-state index in [2.05, 4.69) is 21.3 Å². The van der Waals surface area contributed by atoms with Crippen LogP contribution in [0.25, 0.3) is 0 Å². The molecule has 1 unspecified atom stereocenters. The van der Waals surface area contributed by atoms with Crippen molar-refractivity contribution in [3.8, 4) is 0 Å². The van der Waals surface area contributed by atoms with Crippen LogP contribution in [-0.2, 0) is 6.54 Å². The Hall–Kier alpha value is -1.82. The quantitative estimate of drug-likeness (QED) is 0.818. The lowest BCUT2D eigenvalue weighted by Gasteiger charge is -2.38. The Morgan fingerprint density at radius 1 is 1.45 bits per heavy atom. The fourth-order valence-corrected chi connectivity index (χ4v) is 3.19. The number of fused-ring (bicyclic) bond motifs is 1. The van der Waals surface area contributed by atoms with Gasteiger partial charge in [-0.2, -0.15) is 0 Å². The zero-order valence-electron chi connectivity index (χ0n) is 12.0. The molecule has 0 saturated carbocycles. The van der Waals surface area contributed by atoms with E-state index in [-0.39, 0.29) is 12.1 Å². The van der Waals surface area contributed by atoms with Gasteiger partial charge in [0.15, 0.2) is 0 Å². The number of hydrogen-bond donors (Lipinski definition) is 2. The van der Waals surface area contributed by atoms with Crippen molar-refractivity contribution in [1.29, 1.82) is 0 Å². The summed E-state index contributed by atoms with van der Waals surface area (Å²) in [7, 11) is 0. The highest BCUT2D eigenvalue weighted by Gasteiger charge is 2.36. The van der Waals surface area contributed by atoms with E-state index in [0.29, 0.717) is 6.54 Å². The lowest BCUT2D eigenvalue weighted by Crippen LogP contribution is -2.52. The van der Waals surface area contributed by atoms with Crippen LogP contribution in [0, 0.1) is 13.8 Å². The number of hydrogen-bond acceptors (Lipinski definition) is 4. The number of pyridine rings is 1. The van der Waals surface area contributed by atoms with Gasteiger partial charge in [0.2, 0.25) is 0 Å². The molecule has 2 aliphatic heterocycles. The molecule has 3 N–H and O–H groups in total. The van der Waals surface area contributed by atoms with E-state index in [1.807, 2.05) is 18.7 Å². The third-order valence-corrected chi connectivity index (χ3v) is 4.21. The number of carbonyl (C=O) groups is 1. The lowest BCUT2D eigenvalue weighted by molar-refractivity contribution is 0.197. The van der Waals surface area contributed by atoms with Crippen LogP contribution < -0.4 is 16.0 Å². The molecule has 0 bridgehead atoms. The van der Waals surface area contributed by atoms with E-state index < -0.39 is 0 Å². The third-order valence-electron chi connectivity index (χ3n) is 4.21. The molecule has 0 radical (unpaired) electrons. The van der Waals surface area contributed by atoms with Gasteiger partial charge in [-0.15, -0.1) is 0 Å². The van der Waals surface area contributed by atoms with E-state index in [4.69, 9.17) is 5.73 Å². The smallest absolute Gasteiger partial charge is 0.317 e. The minimum Gasteiger partial charge on any atom is -0.367 e. The molecule has 1 aromatic heterocycles. The van der Waals surface area contributed by atoms with Gasteiger partial charge in [0.05, 0.1) is 6.04 Å². The Morgan fingerprint density at radius 2 is 2.25 bits per heavy atom. The number of nitrogens with one attached hydrogen (secondary N) is 1. The molecule has 0 aromatic carbocycles. The van der Waals surface area contributed by atoms with Gasteiger partial charge in [-0.05, 0) is 19.9 Å². The molecule has 3 heterocycles. The summed E-state index contributed by atoms with van der Waals surface area (Å²) in [5.41, 5.74) is 10.2. The first-order valence-corrected chi connectivity index (χ1v) is 7.06. The standard InChI is InChI=1S/C14H21N5O/c1-9-5-13(12(6-15)10(2)17-9)18-3-4-19-11(8-18)7-16-14(19)20/h5,11H,3-4,6-8,15H2,1-2H3,(H,16,20). The molecule has 2 fully saturated rings. The monoisotopic (exact) mass is 275 g/mol. The summed E-state index contributed by atoms with van der Waals surface area (Å²) in [6, 6.07) is 2.43. The molecule has 6 nitrogen and oxygen atoms in total. The first-order valence-electron chi connectivity index (χ1n) is 7.06. The van der Waals surface area contributed by atoms with E-state index in [0.717, 1.165) is 43.1 Å². The Morgan fingerprint density at radius 3 is 3.00 bits per heavy atom. The molecular weight excluding hydrogens is 254 g/mol. The SMILES string of the molecule is Cc1cc(N2CCN3C(=O)NCC3C2)c(CN)c(C)n1. The average Bonchev–Trinajstić information content (AvgIpc) is 2.79. The largest absolute Gasteiger partial charge is 0.367 e. The van der Waals surface area contributed by atoms with Gasteiger partial charge in [-0.25, -0.2) is 4.79 Å². The summed E-state index contributed by atoms with van der Waals surface area (Å²) in [4.78, 5) is 20.4. The molecule has 3 rings (SSSR count). The van der Waals surface area contributed by atoms with Crippen LogP contribution in [0.15, 0.2) is 6.07 Å². The third kappa shape index (κ3) is 2.10. The maximum atomic E-state index is 11.6. The number of piperazine rings is 1. The predicted octanol–water partition coefficient (Wildman–Crippen LogP) is 0.371. The molecule has 1 atom stereocenters. The molecule has 0 aliphatic carbocycles. The maximum absolute atomic E-state index is 11.6. The number of urea groups is 1. The van der Waals surface area contributed by atoms with Gasteiger partial charge in [0.25, 0.3) is 0 Å². The van der Waals surface area contributed by atoms with Crippen LogP contribution >= 0.6 is 0 Å². The topological polar surface area (TPSA) is 74.5 Å². The second kappa shape index (κ2) is 4.94. The predicted molar refractivity (Wildman–Crippen MR) is 77.7 cm³/mol. The summed E-state index contributed by atoms with van der Waals surface area (Å²) >= 11 is 0. The minimum absolute atomic E-state index is 0.0655. The van der Waals surface area contributed by atoms with E-state index >= 15 is 0 Å². The first kappa shape index (κ1) is 13.2. The highest BCUT2D eigenvalue weighted by molar-refractivity contribution is 5.77. The van der Waals surface area contributed by atoms with Crippen LogP contribution in [0.3, 0.4) is 0 Å². The van der Waals surface area contributed by atoms with Gasteiger partial charge in [-0.3, -0.25) is 4.98 Å². The number of rotatable bonds is 2. The number of carbonyl (C=O) groups excluding carboxylic acids is 1. The maximum Gasteiger partial charge on any atom is 0.317 e. The van der Waals surface area contributed by atoms with Crippen molar-refractivity contribution in [2.45, 2.75) is 26.4 Å². The molecule has 1 aromatic rings. The average molecular weight is 275 g/mol. The van der Waals surface area contributed by atoms with E-state index in [9.17, 15) is 4.79 Å². The normalized spacial score (nSPS) is 21.9.